The maximum atomic E-state index is 5.08. The number of aromatic nitrogens is 6. The zero-order valence-corrected chi connectivity index (χ0v) is 30.3. The van der Waals surface area contributed by atoms with E-state index < -0.39 is 0 Å². The molecule has 0 aliphatic rings. The molecule has 4 aromatic heterocycles. The summed E-state index contributed by atoms with van der Waals surface area (Å²) >= 11 is 0. The van der Waals surface area contributed by atoms with Crippen molar-refractivity contribution in [3.8, 4) is 67.7 Å². The molecule has 9 rings (SSSR count). The first-order chi connectivity index (χ1) is 26.4. The van der Waals surface area contributed by atoms with Gasteiger partial charge in [0, 0.05) is 51.6 Å². The van der Waals surface area contributed by atoms with Crippen molar-refractivity contribution in [2.45, 2.75) is 26.2 Å². The van der Waals surface area contributed by atoms with E-state index in [2.05, 4.69) is 98.6 Å². The van der Waals surface area contributed by atoms with Crippen molar-refractivity contribution in [2.75, 3.05) is 0 Å². The first kappa shape index (κ1) is 33.0. The summed E-state index contributed by atoms with van der Waals surface area (Å²) in [5, 5.41) is 1.93. The second-order valence-corrected chi connectivity index (χ2v) is 14.5. The van der Waals surface area contributed by atoms with E-state index in [-0.39, 0.29) is 5.41 Å². The summed E-state index contributed by atoms with van der Waals surface area (Å²) in [6, 6.07) is 50.3. The van der Waals surface area contributed by atoms with Crippen molar-refractivity contribution in [2.24, 2.45) is 0 Å². The zero-order valence-electron chi connectivity index (χ0n) is 30.3. The summed E-state index contributed by atoms with van der Waals surface area (Å²) in [5.74, 6) is 1.87. The molecule has 0 saturated carbocycles. The van der Waals surface area contributed by atoms with Gasteiger partial charge in [-0.25, -0.2) is 19.9 Å². The molecule has 5 aromatic carbocycles. The lowest BCUT2D eigenvalue weighted by Crippen LogP contribution is -2.10. The van der Waals surface area contributed by atoms with Crippen molar-refractivity contribution in [3.05, 3.63) is 170 Å². The minimum atomic E-state index is 0.0536. The SMILES string of the molecule is CC(C)(C)c1ccc(-c2cc(-c3ccc(-c4nc5ccncc5c5ncccc45)cc3)cc(-c3nc(-c4ccccc4)nc(-c4ccccc4)n3)c2)cc1. The highest BCUT2D eigenvalue weighted by Gasteiger charge is 2.17. The molecule has 6 nitrogen and oxygen atoms in total. The van der Waals surface area contributed by atoms with Gasteiger partial charge in [-0.05, 0) is 69.6 Å². The average Bonchev–Trinajstić information content (AvgIpc) is 3.23. The molecular formula is C48H36N6. The Kier molecular flexibility index (Phi) is 8.28. The van der Waals surface area contributed by atoms with Gasteiger partial charge < -0.3 is 0 Å². The highest BCUT2D eigenvalue weighted by Crippen LogP contribution is 2.36. The summed E-state index contributed by atoms with van der Waals surface area (Å²) in [4.78, 5) is 29.2. The molecule has 9 aromatic rings. The molecule has 0 fully saturated rings. The number of benzene rings is 5. The van der Waals surface area contributed by atoms with Crippen LogP contribution in [-0.2, 0) is 5.41 Å². The number of nitrogens with zero attached hydrogens (tertiary/aromatic N) is 6. The van der Waals surface area contributed by atoms with Crippen LogP contribution in [0.4, 0.5) is 0 Å². The van der Waals surface area contributed by atoms with E-state index in [0.29, 0.717) is 17.5 Å². The molecule has 0 amide bonds. The predicted molar refractivity (Wildman–Crippen MR) is 220 cm³/mol. The van der Waals surface area contributed by atoms with Crippen LogP contribution in [0.25, 0.3) is 89.5 Å². The lowest BCUT2D eigenvalue weighted by molar-refractivity contribution is 0.590. The molecule has 0 spiro atoms. The molecule has 0 unspecified atom stereocenters. The van der Waals surface area contributed by atoms with E-state index in [1.807, 2.05) is 85.2 Å². The van der Waals surface area contributed by atoms with Crippen molar-refractivity contribution in [3.63, 3.8) is 0 Å². The first-order valence-corrected chi connectivity index (χ1v) is 18.1. The van der Waals surface area contributed by atoms with Crippen molar-refractivity contribution in [1.82, 2.24) is 29.9 Å². The number of pyridine rings is 3. The smallest absolute Gasteiger partial charge is 0.164 e. The monoisotopic (exact) mass is 696 g/mol. The van der Waals surface area contributed by atoms with Crippen LogP contribution in [0.3, 0.4) is 0 Å². The van der Waals surface area contributed by atoms with Crippen molar-refractivity contribution >= 4 is 21.8 Å². The Hall–Kier alpha value is -6.92. The average molecular weight is 697 g/mol. The highest BCUT2D eigenvalue weighted by atomic mass is 15.0. The molecule has 0 atom stereocenters. The second-order valence-electron chi connectivity index (χ2n) is 14.5. The van der Waals surface area contributed by atoms with E-state index >= 15 is 0 Å². The molecule has 258 valence electrons. The quantitative estimate of drug-likeness (QED) is 0.161. The van der Waals surface area contributed by atoms with E-state index in [1.54, 1.807) is 6.20 Å². The lowest BCUT2D eigenvalue weighted by atomic mass is 9.86. The fraction of sp³-hybridized carbons (Fsp3) is 0.0833. The Bertz CT molecular complexity index is 2720. The maximum Gasteiger partial charge on any atom is 0.164 e. The molecular weight excluding hydrogens is 661 g/mol. The van der Waals surface area contributed by atoms with Gasteiger partial charge in [0.25, 0.3) is 0 Å². The van der Waals surface area contributed by atoms with Gasteiger partial charge in [-0.15, -0.1) is 0 Å². The minimum absolute atomic E-state index is 0.0536. The van der Waals surface area contributed by atoms with Gasteiger partial charge >= 0.3 is 0 Å². The van der Waals surface area contributed by atoms with Crippen LogP contribution >= 0.6 is 0 Å². The summed E-state index contributed by atoms with van der Waals surface area (Å²) < 4.78 is 0. The van der Waals surface area contributed by atoms with Gasteiger partial charge in [-0.2, -0.15) is 0 Å². The van der Waals surface area contributed by atoms with Crippen LogP contribution in [0, 0.1) is 0 Å². The van der Waals surface area contributed by atoms with Gasteiger partial charge in [-0.1, -0.05) is 130 Å². The summed E-state index contributed by atoms with van der Waals surface area (Å²) in [5.41, 5.74) is 12.1. The summed E-state index contributed by atoms with van der Waals surface area (Å²) in [6.07, 6.45) is 5.43. The van der Waals surface area contributed by atoms with Crippen LogP contribution in [-0.4, -0.2) is 29.9 Å². The Labute approximate surface area is 314 Å². The molecule has 0 aliphatic carbocycles. The van der Waals surface area contributed by atoms with Gasteiger partial charge in [0.15, 0.2) is 17.5 Å². The maximum absolute atomic E-state index is 5.08. The zero-order chi connectivity index (χ0) is 36.6. The number of rotatable bonds is 6. The van der Waals surface area contributed by atoms with Crippen LogP contribution in [0.2, 0.25) is 0 Å². The fourth-order valence-corrected chi connectivity index (χ4v) is 6.89. The Morgan fingerprint density at radius 1 is 0.407 bits per heavy atom. The highest BCUT2D eigenvalue weighted by molar-refractivity contribution is 6.08. The van der Waals surface area contributed by atoms with Crippen LogP contribution in [0.1, 0.15) is 26.3 Å². The summed E-state index contributed by atoms with van der Waals surface area (Å²) in [7, 11) is 0. The molecule has 0 saturated heterocycles. The topological polar surface area (TPSA) is 77.3 Å². The largest absolute Gasteiger partial charge is 0.264 e. The van der Waals surface area contributed by atoms with E-state index in [1.165, 1.54) is 5.56 Å². The van der Waals surface area contributed by atoms with Crippen LogP contribution in [0.15, 0.2) is 164 Å². The van der Waals surface area contributed by atoms with Crippen molar-refractivity contribution < 1.29 is 0 Å². The number of hydrogen-bond acceptors (Lipinski definition) is 6. The second kappa shape index (κ2) is 13.6. The molecule has 6 heteroatoms. The fourth-order valence-electron chi connectivity index (χ4n) is 6.89. The molecule has 0 N–H and O–H groups in total. The number of fused-ring (bicyclic) bond motifs is 3. The number of hydrogen-bond donors (Lipinski definition) is 0. The van der Waals surface area contributed by atoms with Crippen LogP contribution in [0.5, 0.6) is 0 Å². The summed E-state index contributed by atoms with van der Waals surface area (Å²) in [6.45, 7) is 6.72. The standard InChI is InChI=1S/C48H36N6/c1-48(2,3)39-22-20-32(21-23-39)37-27-36(31-16-18-33(19-17-31)43-40-15-10-25-50-44(40)41-30-49-26-24-42(41)51-43)28-38(29-37)47-53-45(34-11-6-4-7-12-34)52-46(54-47)35-13-8-5-9-14-35/h4-30H,1-3H3. The Morgan fingerprint density at radius 3 is 1.54 bits per heavy atom. The van der Waals surface area contributed by atoms with Gasteiger partial charge in [0.2, 0.25) is 0 Å². The first-order valence-electron chi connectivity index (χ1n) is 18.1. The minimum Gasteiger partial charge on any atom is -0.264 e. The Morgan fingerprint density at radius 2 is 0.944 bits per heavy atom. The van der Waals surface area contributed by atoms with Gasteiger partial charge in [0.05, 0.1) is 16.7 Å². The third kappa shape index (κ3) is 6.39. The van der Waals surface area contributed by atoms with Crippen LogP contribution < -0.4 is 0 Å². The van der Waals surface area contributed by atoms with Gasteiger partial charge in [0.1, 0.15) is 0 Å². The molecule has 4 heterocycles. The normalized spacial score (nSPS) is 11.6. The predicted octanol–water partition coefficient (Wildman–Crippen LogP) is 11.7. The van der Waals surface area contributed by atoms with Crippen molar-refractivity contribution in [1.29, 1.82) is 0 Å². The van der Waals surface area contributed by atoms with Gasteiger partial charge in [-0.3, -0.25) is 9.97 Å². The molecule has 0 bridgehead atoms. The lowest BCUT2D eigenvalue weighted by Gasteiger charge is -2.19. The molecule has 54 heavy (non-hydrogen) atoms. The van der Waals surface area contributed by atoms with E-state index in [9.17, 15) is 0 Å². The molecule has 0 radical (unpaired) electrons. The third-order valence-electron chi connectivity index (χ3n) is 9.81. The Balaban J connectivity index is 1.20. The van der Waals surface area contributed by atoms with E-state index in [0.717, 1.165) is 72.0 Å². The van der Waals surface area contributed by atoms with E-state index in [4.69, 9.17) is 24.9 Å². The molecule has 0 aliphatic heterocycles. The third-order valence-corrected chi connectivity index (χ3v) is 9.81.